The summed E-state index contributed by atoms with van der Waals surface area (Å²) in [5.41, 5.74) is -0.980. The molecule has 0 spiro atoms. The maximum Gasteiger partial charge on any atom is 0.143 e. The lowest BCUT2D eigenvalue weighted by Crippen LogP contribution is -2.31. The van der Waals surface area contributed by atoms with E-state index >= 15 is 0 Å². The van der Waals surface area contributed by atoms with E-state index in [1.54, 1.807) is 0 Å². The highest BCUT2D eigenvalue weighted by Gasteiger charge is 2.33. The molecule has 2 unspecified atom stereocenters. The van der Waals surface area contributed by atoms with Gasteiger partial charge in [-0.05, 0) is 53.2 Å². The molecule has 0 aromatic heterocycles. The minimum atomic E-state index is -0.981. The summed E-state index contributed by atoms with van der Waals surface area (Å²) in [5.74, 6) is -0.516. The van der Waals surface area contributed by atoms with Gasteiger partial charge < -0.3 is 5.11 Å². The lowest BCUT2D eigenvalue weighted by atomic mass is 9.86. The Hall–Kier alpha value is -0.480. The van der Waals surface area contributed by atoms with Crippen LogP contribution in [0.15, 0.2) is 16.6 Å². The molecular formula is C17H23BrF2O. The zero-order valence-electron chi connectivity index (χ0n) is 12.5. The van der Waals surface area contributed by atoms with Crippen molar-refractivity contribution in [3.05, 3.63) is 33.8 Å². The van der Waals surface area contributed by atoms with E-state index < -0.39 is 17.2 Å². The molecule has 1 nitrogen and oxygen atoms in total. The third kappa shape index (κ3) is 4.26. The second-order valence-electron chi connectivity index (χ2n) is 6.31. The number of benzene rings is 1. The Morgan fingerprint density at radius 1 is 1.29 bits per heavy atom. The zero-order valence-corrected chi connectivity index (χ0v) is 14.1. The highest BCUT2D eigenvalue weighted by atomic mass is 79.9. The molecule has 1 N–H and O–H groups in total. The normalized spacial score (nSPS) is 26.6. The Balaban J connectivity index is 2.13. The second kappa shape index (κ2) is 7.19. The van der Waals surface area contributed by atoms with E-state index in [0.29, 0.717) is 18.8 Å². The fraction of sp³-hybridized carbons (Fsp3) is 0.647. The van der Waals surface area contributed by atoms with Gasteiger partial charge >= 0.3 is 0 Å². The van der Waals surface area contributed by atoms with E-state index in [9.17, 15) is 13.9 Å². The zero-order chi connectivity index (χ0) is 15.5. The van der Waals surface area contributed by atoms with Crippen LogP contribution in [0.4, 0.5) is 8.78 Å². The van der Waals surface area contributed by atoms with Gasteiger partial charge in [0.05, 0.1) is 10.1 Å². The average molecular weight is 361 g/mol. The van der Waals surface area contributed by atoms with Gasteiger partial charge in [-0.1, -0.05) is 32.6 Å². The monoisotopic (exact) mass is 360 g/mol. The smallest absolute Gasteiger partial charge is 0.143 e. The number of hydrogen-bond donors (Lipinski definition) is 1. The first-order chi connectivity index (χ1) is 9.95. The Kier molecular flexibility index (Phi) is 5.78. The Labute approximate surface area is 133 Å². The van der Waals surface area contributed by atoms with Crippen molar-refractivity contribution in [1.29, 1.82) is 0 Å². The van der Waals surface area contributed by atoms with Crippen LogP contribution in [0.25, 0.3) is 0 Å². The molecule has 0 bridgehead atoms. The van der Waals surface area contributed by atoms with Crippen LogP contribution >= 0.6 is 15.9 Å². The number of rotatable bonds is 4. The maximum atomic E-state index is 14.1. The third-order valence-electron chi connectivity index (χ3n) is 4.61. The van der Waals surface area contributed by atoms with Gasteiger partial charge in [-0.15, -0.1) is 0 Å². The van der Waals surface area contributed by atoms with Crippen molar-refractivity contribution >= 4 is 15.9 Å². The molecule has 118 valence electrons. The summed E-state index contributed by atoms with van der Waals surface area (Å²) in [6.45, 7) is 2.17. The molecule has 2 rings (SSSR count). The molecule has 21 heavy (non-hydrogen) atoms. The quantitative estimate of drug-likeness (QED) is 0.564. The molecule has 0 amide bonds. The molecule has 1 saturated carbocycles. The predicted molar refractivity (Wildman–Crippen MR) is 84.2 cm³/mol. The average Bonchev–Trinajstić information content (AvgIpc) is 2.63. The predicted octanol–water partition coefficient (Wildman–Crippen LogP) is 5.38. The fourth-order valence-corrected chi connectivity index (χ4v) is 3.77. The van der Waals surface area contributed by atoms with E-state index in [2.05, 4.69) is 22.9 Å². The second-order valence-corrected chi connectivity index (χ2v) is 7.16. The van der Waals surface area contributed by atoms with Gasteiger partial charge in [-0.3, -0.25) is 0 Å². The highest BCUT2D eigenvalue weighted by molar-refractivity contribution is 9.10. The number of aliphatic hydroxyl groups is 1. The van der Waals surface area contributed by atoms with Crippen LogP contribution in [0.5, 0.6) is 0 Å². The van der Waals surface area contributed by atoms with Crippen molar-refractivity contribution in [1.82, 2.24) is 0 Å². The summed E-state index contributed by atoms with van der Waals surface area (Å²) in [6, 6.07) is 2.62. The van der Waals surface area contributed by atoms with Crippen molar-refractivity contribution in [2.24, 2.45) is 5.92 Å². The first kappa shape index (κ1) is 16.9. The summed E-state index contributed by atoms with van der Waals surface area (Å²) in [7, 11) is 0. The standard InChI is InChI=1S/C17H23BrF2O/c1-2-4-12-5-3-9-17(21,10-8-12)11-13-15(19)7-6-14(18)16(13)20/h6-7,12,21H,2-5,8-11H2,1H3. The summed E-state index contributed by atoms with van der Waals surface area (Å²) < 4.78 is 28.2. The van der Waals surface area contributed by atoms with E-state index in [0.717, 1.165) is 25.7 Å². The van der Waals surface area contributed by atoms with Crippen LogP contribution in [0.2, 0.25) is 0 Å². The van der Waals surface area contributed by atoms with Gasteiger partial charge in [0.1, 0.15) is 11.6 Å². The van der Waals surface area contributed by atoms with E-state index in [-0.39, 0.29) is 16.5 Å². The Morgan fingerprint density at radius 2 is 2.05 bits per heavy atom. The molecule has 1 fully saturated rings. The Morgan fingerprint density at radius 3 is 2.76 bits per heavy atom. The Bertz CT molecular complexity index is 492. The summed E-state index contributed by atoms with van der Waals surface area (Å²) in [4.78, 5) is 0. The van der Waals surface area contributed by atoms with Crippen molar-refractivity contribution in [3.63, 3.8) is 0 Å². The van der Waals surface area contributed by atoms with Gasteiger partial charge in [-0.25, -0.2) is 8.78 Å². The molecule has 1 aliphatic rings. The van der Waals surface area contributed by atoms with E-state index in [1.165, 1.54) is 18.6 Å². The van der Waals surface area contributed by atoms with Crippen molar-refractivity contribution in [2.75, 3.05) is 0 Å². The van der Waals surface area contributed by atoms with E-state index in [4.69, 9.17) is 0 Å². The topological polar surface area (TPSA) is 20.2 Å². The minimum Gasteiger partial charge on any atom is -0.390 e. The summed E-state index contributed by atoms with van der Waals surface area (Å²) in [6.07, 6.45) is 6.62. The molecular weight excluding hydrogens is 338 g/mol. The third-order valence-corrected chi connectivity index (χ3v) is 5.23. The van der Waals surface area contributed by atoms with Gasteiger partial charge in [0.25, 0.3) is 0 Å². The van der Waals surface area contributed by atoms with Crippen molar-refractivity contribution < 1.29 is 13.9 Å². The molecule has 0 saturated heterocycles. The molecule has 1 aromatic rings. The highest BCUT2D eigenvalue weighted by Crippen LogP contribution is 2.36. The van der Waals surface area contributed by atoms with Gasteiger partial charge in [0, 0.05) is 12.0 Å². The SMILES string of the molecule is CCCC1CCCC(O)(Cc2c(F)ccc(Br)c2F)CC1. The number of hydrogen-bond acceptors (Lipinski definition) is 1. The largest absolute Gasteiger partial charge is 0.390 e. The lowest BCUT2D eigenvalue weighted by Gasteiger charge is -2.27. The van der Waals surface area contributed by atoms with Crippen LogP contribution in [0, 0.1) is 17.6 Å². The van der Waals surface area contributed by atoms with Crippen molar-refractivity contribution in [3.8, 4) is 0 Å². The van der Waals surface area contributed by atoms with Gasteiger partial charge in [0.15, 0.2) is 0 Å². The fourth-order valence-electron chi connectivity index (χ4n) is 3.40. The maximum absolute atomic E-state index is 14.1. The molecule has 2 atom stereocenters. The van der Waals surface area contributed by atoms with Gasteiger partial charge in [-0.2, -0.15) is 0 Å². The molecule has 1 aliphatic carbocycles. The van der Waals surface area contributed by atoms with Crippen LogP contribution in [0.3, 0.4) is 0 Å². The summed E-state index contributed by atoms with van der Waals surface area (Å²) >= 11 is 3.08. The minimum absolute atomic E-state index is 0.000756. The molecule has 0 heterocycles. The van der Waals surface area contributed by atoms with Crippen LogP contribution < -0.4 is 0 Å². The molecule has 1 aromatic carbocycles. The molecule has 0 aliphatic heterocycles. The number of halogens is 3. The van der Waals surface area contributed by atoms with Crippen LogP contribution in [0.1, 0.15) is 57.4 Å². The van der Waals surface area contributed by atoms with Gasteiger partial charge in [0.2, 0.25) is 0 Å². The van der Waals surface area contributed by atoms with Crippen LogP contribution in [-0.4, -0.2) is 10.7 Å². The lowest BCUT2D eigenvalue weighted by molar-refractivity contribution is 0.0225. The van der Waals surface area contributed by atoms with E-state index in [1.807, 2.05) is 0 Å². The molecule has 0 radical (unpaired) electrons. The summed E-state index contributed by atoms with van der Waals surface area (Å²) in [5, 5.41) is 10.8. The first-order valence-electron chi connectivity index (χ1n) is 7.80. The molecule has 4 heteroatoms. The first-order valence-corrected chi connectivity index (χ1v) is 8.59. The van der Waals surface area contributed by atoms with Crippen molar-refractivity contribution in [2.45, 2.75) is 63.9 Å². The van der Waals surface area contributed by atoms with Crippen LogP contribution in [-0.2, 0) is 6.42 Å².